The van der Waals surface area contributed by atoms with Gasteiger partial charge in [0.1, 0.15) is 0 Å². The van der Waals surface area contributed by atoms with Crippen molar-refractivity contribution in [3.8, 4) is 0 Å². The Morgan fingerprint density at radius 2 is 1.56 bits per heavy atom. The minimum absolute atomic E-state index is 0.0255. The number of hydrogen-bond acceptors (Lipinski definition) is 2. The molecule has 1 saturated carbocycles. The van der Waals surface area contributed by atoms with Gasteiger partial charge in [-0.15, -0.1) is 0 Å². The Morgan fingerprint density at radius 1 is 1.11 bits per heavy atom. The molecule has 0 aromatic carbocycles. The van der Waals surface area contributed by atoms with Gasteiger partial charge in [-0.3, -0.25) is 4.79 Å². The van der Waals surface area contributed by atoms with Crippen LogP contribution in [0.5, 0.6) is 0 Å². The summed E-state index contributed by atoms with van der Waals surface area (Å²) in [7, 11) is 0. The summed E-state index contributed by atoms with van der Waals surface area (Å²) >= 11 is 0. The van der Waals surface area contributed by atoms with E-state index in [9.17, 15) is 4.79 Å². The van der Waals surface area contributed by atoms with Gasteiger partial charge in [0.2, 0.25) is 5.91 Å². The Kier molecular flexibility index (Phi) is 5.91. The second-order valence-electron chi connectivity index (χ2n) is 7.08. The number of carbonyl (C=O) groups is 1. The van der Waals surface area contributed by atoms with Crippen molar-refractivity contribution in [2.45, 2.75) is 72.9 Å². The number of carbonyl (C=O) groups excluding carboxylic acids is 1. The summed E-state index contributed by atoms with van der Waals surface area (Å²) in [5.74, 6) is 0.0255. The van der Waals surface area contributed by atoms with Gasteiger partial charge in [0.15, 0.2) is 0 Å². The van der Waals surface area contributed by atoms with E-state index in [4.69, 9.17) is 0 Å². The maximum absolute atomic E-state index is 10.3. The predicted molar refractivity (Wildman–Crippen MR) is 78.3 cm³/mol. The van der Waals surface area contributed by atoms with Crippen molar-refractivity contribution in [1.82, 2.24) is 10.6 Å². The lowest BCUT2D eigenvalue weighted by atomic mass is 9.93. The van der Waals surface area contributed by atoms with Crippen molar-refractivity contribution in [3.63, 3.8) is 0 Å². The van der Waals surface area contributed by atoms with E-state index in [0.717, 1.165) is 6.04 Å². The Bertz CT molecular complexity index is 291. The maximum Gasteiger partial charge on any atom is 0.217 e. The zero-order chi connectivity index (χ0) is 14.6. The number of allylic oxidation sites excluding steroid dienone is 1. The van der Waals surface area contributed by atoms with Gasteiger partial charge in [-0.05, 0) is 33.6 Å². The van der Waals surface area contributed by atoms with Gasteiger partial charge in [-0.1, -0.05) is 27.4 Å². The molecule has 106 valence electrons. The first kappa shape index (κ1) is 17.0. The lowest BCUT2D eigenvalue weighted by Gasteiger charge is -2.22. The van der Waals surface area contributed by atoms with E-state index in [1.807, 2.05) is 20.8 Å². The molecule has 3 heteroatoms. The van der Waals surface area contributed by atoms with E-state index >= 15 is 0 Å². The third-order valence-electron chi connectivity index (χ3n) is 2.41. The SMILES string of the molecule is C=C(NC1CC1)C(C)(C)C.CC(=O)NC(C)(C)C. The molecule has 0 radical (unpaired) electrons. The average Bonchev–Trinajstić information content (AvgIpc) is 2.81. The summed E-state index contributed by atoms with van der Waals surface area (Å²) in [6.07, 6.45) is 2.66. The normalized spacial score (nSPS) is 15.3. The van der Waals surface area contributed by atoms with Gasteiger partial charge in [0.05, 0.1) is 0 Å². The molecule has 1 rings (SSSR count). The molecule has 0 unspecified atom stereocenters. The molecular weight excluding hydrogens is 224 g/mol. The van der Waals surface area contributed by atoms with Gasteiger partial charge < -0.3 is 10.6 Å². The molecule has 18 heavy (non-hydrogen) atoms. The fraction of sp³-hybridized carbons (Fsp3) is 0.800. The molecule has 1 aliphatic rings. The lowest BCUT2D eigenvalue weighted by molar-refractivity contribution is -0.120. The first-order chi connectivity index (χ1) is 7.92. The number of rotatable bonds is 2. The summed E-state index contributed by atoms with van der Waals surface area (Å²) in [6, 6.07) is 0.742. The maximum atomic E-state index is 10.3. The predicted octanol–water partition coefficient (Wildman–Crippen LogP) is 3.22. The van der Waals surface area contributed by atoms with Crippen LogP contribution < -0.4 is 10.6 Å². The van der Waals surface area contributed by atoms with E-state index < -0.39 is 0 Å². The highest BCUT2D eigenvalue weighted by Crippen LogP contribution is 2.27. The largest absolute Gasteiger partial charge is 0.386 e. The standard InChI is InChI=1S/C9H17N.C6H13NO/c1-7(9(2,3)4)10-8-5-6-8;1-5(8)7-6(2,3)4/h8,10H,1,5-6H2,2-4H3;1-4H3,(H,7,8). The molecule has 3 nitrogen and oxygen atoms in total. The van der Waals surface area contributed by atoms with E-state index in [0.29, 0.717) is 0 Å². The molecule has 2 N–H and O–H groups in total. The van der Waals surface area contributed by atoms with Crippen LogP contribution in [0.1, 0.15) is 61.3 Å². The Balaban J connectivity index is 0.000000331. The van der Waals surface area contributed by atoms with Crippen LogP contribution >= 0.6 is 0 Å². The Labute approximate surface area is 112 Å². The molecule has 1 fully saturated rings. The Morgan fingerprint density at radius 3 is 1.72 bits per heavy atom. The van der Waals surface area contributed by atoms with Crippen LogP contribution in [0.4, 0.5) is 0 Å². The van der Waals surface area contributed by atoms with E-state index in [-0.39, 0.29) is 16.9 Å². The quantitative estimate of drug-likeness (QED) is 0.794. The van der Waals surface area contributed by atoms with Crippen molar-refractivity contribution in [3.05, 3.63) is 12.3 Å². The fourth-order valence-corrected chi connectivity index (χ4v) is 1.22. The third kappa shape index (κ3) is 10.2. The molecule has 0 aliphatic heterocycles. The molecular formula is C15H30N2O. The van der Waals surface area contributed by atoms with Gasteiger partial charge in [0.25, 0.3) is 0 Å². The molecule has 0 bridgehead atoms. The highest BCUT2D eigenvalue weighted by Gasteiger charge is 2.25. The highest BCUT2D eigenvalue weighted by atomic mass is 16.1. The minimum atomic E-state index is -0.0775. The topological polar surface area (TPSA) is 41.1 Å². The van der Waals surface area contributed by atoms with Crippen LogP contribution in [0.2, 0.25) is 0 Å². The van der Waals surface area contributed by atoms with Crippen molar-refractivity contribution in [2.24, 2.45) is 5.41 Å². The summed E-state index contributed by atoms with van der Waals surface area (Å²) in [5.41, 5.74) is 1.32. The molecule has 1 amide bonds. The van der Waals surface area contributed by atoms with Gasteiger partial charge >= 0.3 is 0 Å². The smallest absolute Gasteiger partial charge is 0.217 e. The Hall–Kier alpha value is -0.990. The monoisotopic (exact) mass is 254 g/mol. The van der Waals surface area contributed by atoms with Crippen LogP contribution in [-0.4, -0.2) is 17.5 Å². The van der Waals surface area contributed by atoms with E-state index in [1.54, 1.807) is 0 Å². The number of hydrogen-bond donors (Lipinski definition) is 2. The summed E-state index contributed by atoms with van der Waals surface area (Å²) in [6.45, 7) is 17.9. The minimum Gasteiger partial charge on any atom is -0.386 e. The zero-order valence-electron chi connectivity index (χ0n) is 13.1. The van der Waals surface area contributed by atoms with Gasteiger partial charge in [0, 0.05) is 29.6 Å². The van der Waals surface area contributed by atoms with Crippen LogP contribution in [0.3, 0.4) is 0 Å². The van der Waals surface area contributed by atoms with E-state index in [1.165, 1.54) is 25.5 Å². The van der Waals surface area contributed by atoms with Crippen molar-refractivity contribution < 1.29 is 4.79 Å². The third-order valence-corrected chi connectivity index (χ3v) is 2.41. The lowest BCUT2D eigenvalue weighted by Crippen LogP contribution is -2.38. The van der Waals surface area contributed by atoms with Crippen molar-refractivity contribution >= 4 is 5.91 Å². The summed E-state index contributed by atoms with van der Waals surface area (Å²) < 4.78 is 0. The van der Waals surface area contributed by atoms with Gasteiger partial charge in [-0.25, -0.2) is 0 Å². The number of amides is 1. The van der Waals surface area contributed by atoms with E-state index in [2.05, 4.69) is 38.0 Å². The van der Waals surface area contributed by atoms with Crippen LogP contribution in [0.15, 0.2) is 12.3 Å². The summed E-state index contributed by atoms with van der Waals surface area (Å²) in [5, 5.41) is 6.14. The van der Waals surface area contributed by atoms with Crippen LogP contribution in [0, 0.1) is 5.41 Å². The second kappa shape index (κ2) is 6.26. The van der Waals surface area contributed by atoms with Crippen molar-refractivity contribution in [2.75, 3.05) is 0 Å². The average molecular weight is 254 g/mol. The first-order valence-corrected chi connectivity index (χ1v) is 6.66. The second-order valence-corrected chi connectivity index (χ2v) is 7.08. The van der Waals surface area contributed by atoms with Gasteiger partial charge in [-0.2, -0.15) is 0 Å². The molecule has 0 spiro atoms. The molecule has 0 aromatic heterocycles. The fourth-order valence-electron chi connectivity index (χ4n) is 1.22. The zero-order valence-corrected chi connectivity index (χ0v) is 13.1. The van der Waals surface area contributed by atoms with Crippen molar-refractivity contribution in [1.29, 1.82) is 0 Å². The molecule has 0 saturated heterocycles. The van der Waals surface area contributed by atoms with Crippen LogP contribution in [0.25, 0.3) is 0 Å². The first-order valence-electron chi connectivity index (χ1n) is 6.66. The number of nitrogens with one attached hydrogen (secondary N) is 2. The summed E-state index contributed by atoms with van der Waals surface area (Å²) in [4.78, 5) is 10.3. The molecule has 0 atom stereocenters. The molecule has 1 aliphatic carbocycles. The molecule has 0 heterocycles. The van der Waals surface area contributed by atoms with Crippen LogP contribution in [-0.2, 0) is 4.79 Å². The highest BCUT2D eigenvalue weighted by molar-refractivity contribution is 5.73. The molecule has 0 aromatic rings.